The normalized spacial score (nSPS) is 11.5. The van der Waals surface area contributed by atoms with E-state index in [9.17, 15) is 9.59 Å². The molecule has 8 heteroatoms. The van der Waals surface area contributed by atoms with Gasteiger partial charge in [-0.05, 0) is 50.2 Å². The van der Waals surface area contributed by atoms with E-state index in [0.29, 0.717) is 28.3 Å². The number of benzene rings is 2. The van der Waals surface area contributed by atoms with Crippen LogP contribution in [0, 0.1) is 13.8 Å². The quantitative estimate of drug-likeness (QED) is 0.465. The van der Waals surface area contributed by atoms with Crippen LogP contribution in [0.5, 0.6) is 0 Å². The third kappa shape index (κ3) is 3.39. The molecule has 0 radical (unpaired) electrons. The molecule has 0 aliphatic heterocycles. The van der Waals surface area contributed by atoms with E-state index in [-0.39, 0.29) is 11.1 Å². The maximum atomic E-state index is 13.0. The minimum Gasteiger partial charge on any atom is -0.295 e. The van der Waals surface area contributed by atoms with Gasteiger partial charge in [0, 0.05) is 23.4 Å². The van der Waals surface area contributed by atoms with Gasteiger partial charge < -0.3 is 0 Å². The first-order valence-electron chi connectivity index (χ1n) is 9.34. The number of H-pyrrole nitrogens is 1. The lowest BCUT2D eigenvalue weighted by Crippen LogP contribution is -2.19. The minimum atomic E-state index is -0.237. The van der Waals surface area contributed by atoms with E-state index < -0.39 is 0 Å². The van der Waals surface area contributed by atoms with Crippen LogP contribution in [-0.2, 0) is 7.05 Å². The smallest absolute Gasteiger partial charge is 0.295 e. The third-order valence-corrected chi connectivity index (χ3v) is 5.58. The van der Waals surface area contributed by atoms with Gasteiger partial charge in [0.25, 0.3) is 11.1 Å². The van der Waals surface area contributed by atoms with Crippen molar-refractivity contribution in [3.8, 4) is 11.4 Å². The van der Waals surface area contributed by atoms with Crippen LogP contribution in [0.3, 0.4) is 0 Å². The summed E-state index contributed by atoms with van der Waals surface area (Å²) >= 11 is 3.39. The predicted octanol–water partition coefficient (Wildman–Crippen LogP) is 3.78. The standard InChI is InChI=1S/C22H20BrN5O2/c1-14-19(21(29)27(25-14)17-11-9-16(23)10-12-17)13-24-20-15(2)26(3)28(22(20)30)18-7-5-4-6-8-18/h4-13,25H,1-3H3. The van der Waals surface area contributed by atoms with Gasteiger partial charge in [-0.1, -0.05) is 34.1 Å². The molecule has 2 aromatic carbocycles. The topological polar surface area (TPSA) is 77.1 Å². The number of halogens is 1. The Balaban J connectivity index is 1.76. The Morgan fingerprint density at radius 2 is 1.60 bits per heavy atom. The average Bonchev–Trinajstić information content (AvgIpc) is 3.14. The highest BCUT2D eigenvalue weighted by molar-refractivity contribution is 9.10. The number of nitrogens with one attached hydrogen (secondary N) is 1. The molecular formula is C22H20BrN5O2. The fourth-order valence-corrected chi connectivity index (χ4v) is 3.58. The van der Waals surface area contributed by atoms with Crippen LogP contribution < -0.4 is 11.1 Å². The largest absolute Gasteiger partial charge is 0.297 e. The number of nitrogens with zero attached hydrogens (tertiary/aromatic N) is 4. The number of aromatic amines is 1. The summed E-state index contributed by atoms with van der Waals surface area (Å²) in [7, 11) is 1.81. The molecule has 30 heavy (non-hydrogen) atoms. The molecule has 1 N–H and O–H groups in total. The van der Waals surface area contributed by atoms with Gasteiger partial charge in [-0.25, -0.2) is 14.4 Å². The summed E-state index contributed by atoms with van der Waals surface area (Å²) in [5.74, 6) is 0. The summed E-state index contributed by atoms with van der Waals surface area (Å²) in [6, 6.07) is 16.8. The molecule has 4 aromatic rings. The summed E-state index contributed by atoms with van der Waals surface area (Å²) in [6.45, 7) is 3.63. The molecule has 152 valence electrons. The van der Waals surface area contributed by atoms with Crippen molar-refractivity contribution in [3.63, 3.8) is 0 Å². The monoisotopic (exact) mass is 465 g/mol. The van der Waals surface area contributed by atoms with Gasteiger partial charge in [0.05, 0.1) is 22.6 Å². The lowest BCUT2D eigenvalue weighted by atomic mass is 10.3. The Labute approximate surface area is 181 Å². The van der Waals surface area contributed by atoms with Gasteiger partial charge in [-0.15, -0.1) is 0 Å². The molecule has 0 fully saturated rings. The molecule has 0 atom stereocenters. The summed E-state index contributed by atoms with van der Waals surface area (Å²) in [5, 5.41) is 3.07. The van der Waals surface area contributed by atoms with Crippen LogP contribution in [-0.4, -0.2) is 25.4 Å². The minimum absolute atomic E-state index is 0.226. The molecule has 0 unspecified atom stereocenters. The molecule has 2 aromatic heterocycles. The van der Waals surface area contributed by atoms with E-state index in [2.05, 4.69) is 26.0 Å². The Morgan fingerprint density at radius 3 is 2.27 bits per heavy atom. The number of aryl methyl sites for hydroxylation is 1. The number of aromatic nitrogens is 4. The molecule has 0 aliphatic carbocycles. The maximum absolute atomic E-state index is 13.0. The zero-order valence-corrected chi connectivity index (χ0v) is 18.3. The van der Waals surface area contributed by atoms with Crippen molar-refractivity contribution in [1.82, 2.24) is 19.1 Å². The zero-order valence-electron chi connectivity index (χ0n) is 16.8. The Morgan fingerprint density at radius 1 is 0.933 bits per heavy atom. The second-order valence-electron chi connectivity index (χ2n) is 6.94. The van der Waals surface area contributed by atoms with Crippen molar-refractivity contribution in [1.29, 1.82) is 0 Å². The van der Waals surface area contributed by atoms with Crippen LogP contribution in [0.1, 0.15) is 17.0 Å². The Hall–Kier alpha value is -3.39. The molecule has 7 nitrogen and oxygen atoms in total. The number of hydrogen-bond donors (Lipinski definition) is 1. The molecular weight excluding hydrogens is 446 g/mol. The first-order valence-corrected chi connectivity index (χ1v) is 10.1. The van der Waals surface area contributed by atoms with E-state index in [0.717, 1.165) is 10.2 Å². The van der Waals surface area contributed by atoms with E-state index in [4.69, 9.17) is 0 Å². The second kappa shape index (κ2) is 7.79. The molecule has 0 spiro atoms. The first kappa shape index (κ1) is 19.9. The molecule has 0 saturated carbocycles. The van der Waals surface area contributed by atoms with Gasteiger partial charge in [0.15, 0.2) is 5.69 Å². The van der Waals surface area contributed by atoms with Gasteiger partial charge in [0.1, 0.15) is 0 Å². The van der Waals surface area contributed by atoms with Gasteiger partial charge in [-0.3, -0.25) is 19.4 Å². The zero-order chi connectivity index (χ0) is 21.4. The van der Waals surface area contributed by atoms with Crippen LogP contribution in [0.25, 0.3) is 11.4 Å². The van der Waals surface area contributed by atoms with Gasteiger partial charge >= 0.3 is 0 Å². The SMILES string of the molecule is Cc1[nH]n(-c2ccc(Br)cc2)c(=O)c1C=Nc1c(C)n(C)n(-c2ccccc2)c1=O. The Bertz CT molecular complexity index is 1360. The van der Waals surface area contributed by atoms with Crippen LogP contribution in [0.15, 0.2) is 73.7 Å². The highest BCUT2D eigenvalue weighted by atomic mass is 79.9. The summed E-state index contributed by atoms with van der Waals surface area (Å²) in [5.41, 5.74) is 3.10. The molecule has 0 bridgehead atoms. The molecule has 0 amide bonds. The van der Waals surface area contributed by atoms with Crippen LogP contribution in [0.4, 0.5) is 5.69 Å². The van der Waals surface area contributed by atoms with Crippen molar-refractivity contribution in [2.75, 3.05) is 0 Å². The second-order valence-corrected chi connectivity index (χ2v) is 7.85. The first-order chi connectivity index (χ1) is 14.4. The van der Waals surface area contributed by atoms with Gasteiger partial charge in [-0.2, -0.15) is 0 Å². The highest BCUT2D eigenvalue weighted by Gasteiger charge is 2.16. The number of rotatable bonds is 4. The van der Waals surface area contributed by atoms with Crippen molar-refractivity contribution in [3.05, 3.63) is 96.7 Å². The highest BCUT2D eigenvalue weighted by Crippen LogP contribution is 2.17. The number of hydrogen-bond acceptors (Lipinski definition) is 3. The van der Waals surface area contributed by atoms with Crippen LogP contribution >= 0.6 is 15.9 Å². The number of para-hydroxylation sites is 1. The molecule has 4 rings (SSSR count). The molecule has 2 heterocycles. The Kier molecular flexibility index (Phi) is 5.17. The van der Waals surface area contributed by atoms with Crippen LogP contribution in [0.2, 0.25) is 0 Å². The van der Waals surface area contributed by atoms with Crippen molar-refractivity contribution < 1.29 is 0 Å². The molecule has 0 aliphatic rings. The van der Waals surface area contributed by atoms with E-state index in [1.165, 1.54) is 10.9 Å². The average molecular weight is 466 g/mol. The third-order valence-electron chi connectivity index (χ3n) is 5.05. The van der Waals surface area contributed by atoms with Crippen molar-refractivity contribution >= 4 is 27.8 Å². The fourth-order valence-electron chi connectivity index (χ4n) is 3.32. The van der Waals surface area contributed by atoms with E-state index in [1.54, 1.807) is 16.3 Å². The van der Waals surface area contributed by atoms with Crippen molar-refractivity contribution in [2.24, 2.45) is 12.0 Å². The number of aliphatic imine (C=N–C) groups is 1. The summed E-state index contributed by atoms with van der Waals surface area (Å²) in [6.07, 6.45) is 1.46. The van der Waals surface area contributed by atoms with E-state index >= 15 is 0 Å². The lowest BCUT2D eigenvalue weighted by Gasteiger charge is -2.07. The predicted molar refractivity (Wildman–Crippen MR) is 122 cm³/mol. The summed E-state index contributed by atoms with van der Waals surface area (Å²) < 4.78 is 5.71. The van der Waals surface area contributed by atoms with Gasteiger partial charge in [0.2, 0.25) is 0 Å². The fraction of sp³-hybridized carbons (Fsp3) is 0.136. The van der Waals surface area contributed by atoms with E-state index in [1.807, 2.05) is 68.6 Å². The van der Waals surface area contributed by atoms with Crippen molar-refractivity contribution in [2.45, 2.75) is 13.8 Å². The summed E-state index contributed by atoms with van der Waals surface area (Å²) in [4.78, 5) is 30.3. The maximum Gasteiger partial charge on any atom is 0.297 e. The molecule has 0 saturated heterocycles. The lowest BCUT2D eigenvalue weighted by molar-refractivity contribution is 0.630.